The van der Waals surface area contributed by atoms with Crippen LogP contribution in [0.15, 0.2) is 54.7 Å². The molecule has 1 N–H and O–H groups in total. The molecule has 0 unspecified atom stereocenters. The van der Waals surface area contributed by atoms with Crippen LogP contribution in [-0.2, 0) is 43.0 Å². The summed E-state index contributed by atoms with van der Waals surface area (Å²) in [5, 5.41) is 1.01. The summed E-state index contributed by atoms with van der Waals surface area (Å²) in [6, 6.07) is 12.4. The van der Waals surface area contributed by atoms with E-state index < -0.39 is 23.6 Å². The SMILES string of the molecule is CCOC(=O)CCC(=O)N(CCOC)CC(=O)N(CCc1c[nH]c2ccccc12)Cc1ccc(C(F)(F)F)cc1. The molecule has 0 aliphatic carbocycles. The number of para-hydroxylation sites is 1. The van der Waals surface area contributed by atoms with E-state index in [0.717, 1.165) is 28.6 Å². The number of nitrogens with zero attached hydrogens (tertiary/aromatic N) is 2. The molecule has 0 radical (unpaired) electrons. The van der Waals surface area contributed by atoms with Crippen LogP contribution in [0.1, 0.15) is 36.5 Å². The lowest BCUT2D eigenvalue weighted by atomic mass is 10.1. The summed E-state index contributed by atoms with van der Waals surface area (Å²) in [5.41, 5.74) is 1.70. The fourth-order valence-electron chi connectivity index (χ4n) is 4.26. The molecule has 40 heavy (non-hydrogen) atoms. The maximum Gasteiger partial charge on any atom is 0.416 e. The van der Waals surface area contributed by atoms with Gasteiger partial charge in [-0.3, -0.25) is 14.4 Å². The number of aromatic amines is 1. The van der Waals surface area contributed by atoms with Gasteiger partial charge < -0.3 is 24.3 Å². The number of hydrogen-bond donors (Lipinski definition) is 1. The third-order valence-corrected chi connectivity index (χ3v) is 6.43. The zero-order chi connectivity index (χ0) is 29.1. The summed E-state index contributed by atoms with van der Waals surface area (Å²) in [4.78, 5) is 44.2. The average molecular weight is 562 g/mol. The van der Waals surface area contributed by atoms with Crippen molar-refractivity contribution in [2.75, 3.05) is 40.0 Å². The maximum atomic E-state index is 13.5. The van der Waals surface area contributed by atoms with Crippen LogP contribution in [-0.4, -0.2) is 72.5 Å². The van der Waals surface area contributed by atoms with Gasteiger partial charge in [-0.2, -0.15) is 13.2 Å². The molecule has 3 aromatic rings. The number of ether oxygens (including phenoxy) is 2. The highest BCUT2D eigenvalue weighted by Crippen LogP contribution is 2.29. The highest BCUT2D eigenvalue weighted by atomic mass is 19.4. The van der Waals surface area contributed by atoms with Gasteiger partial charge in [0, 0.05) is 50.3 Å². The van der Waals surface area contributed by atoms with E-state index in [1.54, 1.807) is 6.92 Å². The molecular weight excluding hydrogens is 527 g/mol. The fourth-order valence-corrected chi connectivity index (χ4v) is 4.26. The molecule has 11 heteroatoms. The van der Waals surface area contributed by atoms with Crippen LogP contribution in [0, 0.1) is 0 Å². The van der Waals surface area contributed by atoms with E-state index >= 15 is 0 Å². The van der Waals surface area contributed by atoms with Crippen molar-refractivity contribution in [3.05, 3.63) is 71.4 Å². The Bertz CT molecular complexity index is 1270. The van der Waals surface area contributed by atoms with Crippen LogP contribution in [0.3, 0.4) is 0 Å². The number of methoxy groups -OCH3 is 1. The second-order valence-corrected chi connectivity index (χ2v) is 9.23. The van der Waals surface area contributed by atoms with E-state index in [0.29, 0.717) is 12.0 Å². The standard InChI is InChI=1S/C29H34F3N3O5/c1-3-40-28(38)13-12-26(36)35(16-17-39-2)20-27(37)34(19-21-8-10-23(11-9-21)29(30,31)32)15-14-22-18-33-25-7-5-4-6-24(22)25/h4-11,18,33H,3,12-17,19-20H2,1-2H3. The first-order chi connectivity index (χ1) is 19.1. The Labute approximate surface area is 231 Å². The minimum atomic E-state index is -4.46. The van der Waals surface area contributed by atoms with Crippen molar-refractivity contribution in [2.45, 2.75) is 38.9 Å². The van der Waals surface area contributed by atoms with Gasteiger partial charge >= 0.3 is 12.1 Å². The molecule has 0 atom stereocenters. The number of amides is 2. The van der Waals surface area contributed by atoms with Crippen molar-refractivity contribution in [3.8, 4) is 0 Å². The first-order valence-electron chi connectivity index (χ1n) is 13.0. The second kappa shape index (κ2) is 14.5. The van der Waals surface area contributed by atoms with Crippen molar-refractivity contribution in [3.63, 3.8) is 0 Å². The van der Waals surface area contributed by atoms with Gasteiger partial charge in [0.05, 0.1) is 31.7 Å². The first-order valence-corrected chi connectivity index (χ1v) is 13.0. The lowest BCUT2D eigenvalue weighted by Crippen LogP contribution is -2.44. The number of esters is 1. The van der Waals surface area contributed by atoms with Gasteiger partial charge in [-0.05, 0) is 42.7 Å². The number of H-pyrrole nitrogens is 1. The van der Waals surface area contributed by atoms with Crippen LogP contribution < -0.4 is 0 Å². The highest BCUT2D eigenvalue weighted by Gasteiger charge is 2.30. The number of rotatable bonds is 14. The largest absolute Gasteiger partial charge is 0.466 e. The molecule has 0 saturated heterocycles. The normalized spacial score (nSPS) is 11.4. The van der Waals surface area contributed by atoms with Gasteiger partial charge in [-0.25, -0.2) is 0 Å². The number of halogens is 3. The molecule has 3 rings (SSSR count). The van der Waals surface area contributed by atoms with E-state index in [4.69, 9.17) is 9.47 Å². The minimum Gasteiger partial charge on any atom is -0.466 e. The Balaban J connectivity index is 1.77. The number of nitrogens with one attached hydrogen (secondary N) is 1. The van der Waals surface area contributed by atoms with Crippen LogP contribution >= 0.6 is 0 Å². The minimum absolute atomic E-state index is 0.0639. The zero-order valence-corrected chi connectivity index (χ0v) is 22.6. The molecule has 2 amide bonds. The number of alkyl halides is 3. The molecule has 0 spiro atoms. The smallest absolute Gasteiger partial charge is 0.416 e. The Hall–Kier alpha value is -3.86. The van der Waals surface area contributed by atoms with Crippen molar-refractivity contribution in [1.82, 2.24) is 14.8 Å². The highest BCUT2D eigenvalue weighted by molar-refractivity contribution is 5.87. The van der Waals surface area contributed by atoms with Crippen molar-refractivity contribution in [1.29, 1.82) is 0 Å². The predicted molar refractivity (Wildman–Crippen MR) is 143 cm³/mol. The lowest BCUT2D eigenvalue weighted by molar-refractivity contribution is -0.146. The Morgan fingerprint density at radius 3 is 2.33 bits per heavy atom. The summed E-state index contributed by atoms with van der Waals surface area (Å²) in [7, 11) is 1.47. The number of aromatic nitrogens is 1. The van der Waals surface area contributed by atoms with E-state index in [-0.39, 0.29) is 58.1 Å². The summed E-state index contributed by atoms with van der Waals surface area (Å²) in [6.07, 6.45) is -2.33. The number of carbonyl (C=O) groups excluding carboxylic acids is 3. The summed E-state index contributed by atoms with van der Waals surface area (Å²) < 4.78 is 49.1. The average Bonchev–Trinajstić information content (AvgIpc) is 3.34. The molecule has 8 nitrogen and oxygen atoms in total. The van der Waals surface area contributed by atoms with Crippen LogP contribution in [0.4, 0.5) is 13.2 Å². The van der Waals surface area contributed by atoms with Crippen molar-refractivity contribution < 1.29 is 37.0 Å². The summed E-state index contributed by atoms with van der Waals surface area (Å²) in [6.45, 7) is 2.27. The predicted octanol–water partition coefficient (Wildman–Crippen LogP) is 4.58. The molecule has 0 aliphatic heterocycles. The van der Waals surface area contributed by atoms with Gasteiger partial charge in [-0.1, -0.05) is 30.3 Å². The molecule has 0 bridgehead atoms. The molecule has 216 valence electrons. The summed E-state index contributed by atoms with van der Waals surface area (Å²) >= 11 is 0. The second-order valence-electron chi connectivity index (χ2n) is 9.23. The van der Waals surface area contributed by atoms with Gasteiger partial charge in [0.1, 0.15) is 0 Å². The Kier molecular flexibility index (Phi) is 11.1. The quantitative estimate of drug-likeness (QED) is 0.291. The van der Waals surface area contributed by atoms with Gasteiger partial charge in [0.25, 0.3) is 0 Å². The molecule has 1 heterocycles. The maximum absolute atomic E-state index is 13.5. The van der Waals surface area contributed by atoms with Crippen LogP contribution in [0.5, 0.6) is 0 Å². The third-order valence-electron chi connectivity index (χ3n) is 6.43. The molecule has 0 fully saturated rings. The van der Waals surface area contributed by atoms with E-state index in [2.05, 4.69) is 4.98 Å². The topological polar surface area (TPSA) is 91.9 Å². The number of benzene rings is 2. The molecule has 0 aliphatic rings. The molecule has 1 aromatic heterocycles. The lowest BCUT2D eigenvalue weighted by Gasteiger charge is -2.28. The van der Waals surface area contributed by atoms with Gasteiger partial charge in [-0.15, -0.1) is 0 Å². The number of fused-ring (bicyclic) bond motifs is 1. The van der Waals surface area contributed by atoms with E-state index in [1.807, 2.05) is 30.5 Å². The van der Waals surface area contributed by atoms with E-state index in [9.17, 15) is 27.6 Å². The van der Waals surface area contributed by atoms with Crippen LogP contribution in [0.25, 0.3) is 10.9 Å². The van der Waals surface area contributed by atoms with Gasteiger partial charge in [0.2, 0.25) is 11.8 Å². The third kappa shape index (κ3) is 8.84. The number of carbonyl (C=O) groups is 3. The Morgan fingerprint density at radius 2 is 1.65 bits per heavy atom. The van der Waals surface area contributed by atoms with Crippen LogP contribution in [0.2, 0.25) is 0 Å². The molecule has 0 saturated carbocycles. The van der Waals surface area contributed by atoms with E-state index in [1.165, 1.54) is 29.0 Å². The molecule has 2 aromatic carbocycles. The summed E-state index contributed by atoms with van der Waals surface area (Å²) in [5.74, 6) is -1.28. The zero-order valence-electron chi connectivity index (χ0n) is 22.6. The van der Waals surface area contributed by atoms with Gasteiger partial charge in [0.15, 0.2) is 0 Å². The van der Waals surface area contributed by atoms with Crippen molar-refractivity contribution >= 4 is 28.7 Å². The number of hydrogen-bond acceptors (Lipinski definition) is 5. The van der Waals surface area contributed by atoms with Crippen molar-refractivity contribution in [2.24, 2.45) is 0 Å². The molecular formula is C29H34F3N3O5. The monoisotopic (exact) mass is 561 g/mol. The fraction of sp³-hybridized carbons (Fsp3) is 0.414. The first kappa shape index (κ1) is 30.7. The Morgan fingerprint density at radius 1 is 0.925 bits per heavy atom.